The Kier molecular flexibility index (Phi) is 4.56. The van der Waals surface area contributed by atoms with E-state index in [0.717, 1.165) is 54.1 Å². The van der Waals surface area contributed by atoms with Gasteiger partial charge in [0.1, 0.15) is 22.0 Å². The van der Waals surface area contributed by atoms with E-state index in [0.29, 0.717) is 18.0 Å². The minimum absolute atomic E-state index is 0.0143. The van der Waals surface area contributed by atoms with Crippen LogP contribution in [0.3, 0.4) is 0 Å². The third kappa shape index (κ3) is 3.68. The van der Waals surface area contributed by atoms with Crippen LogP contribution in [0.25, 0.3) is 11.0 Å². The summed E-state index contributed by atoms with van der Waals surface area (Å²) in [6, 6.07) is 5.12. The highest BCUT2D eigenvalue weighted by molar-refractivity contribution is 7.91. The van der Waals surface area contributed by atoms with E-state index < -0.39 is 10.0 Å². The van der Waals surface area contributed by atoms with E-state index >= 15 is 0 Å². The summed E-state index contributed by atoms with van der Waals surface area (Å²) in [6.07, 6.45) is 5.79. The number of hydrogen-bond donors (Lipinski definition) is 2. The third-order valence-electron chi connectivity index (χ3n) is 5.88. The maximum Gasteiger partial charge on any atom is 0.247 e. The zero-order valence-electron chi connectivity index (χ0n) is 16.2. The molecule has 1 amide bonds. The smallest absolute Gasteiger partial charge is 0.247 e. The van der Waals surface area contributed by atoms with Gasteiger partial charge in [-0.3, -0.25) is 4.79 Å². The summed E-state index contributed by atoms with van der Waals surface area (Å²) < 4.78 is 23.1. The molecule has 5 rings (SSSR count). The van der Waals surface area contributed by atoms with Crippen molar-refractivity contribution in [3.8, 4) is 0 Å². The molecule has 3 aromatic rings. The third-order valence-corrected chi connectivity index (χ3v) is 8.40. The number of sulfonamides is 1. The summed E-state index contributed by atoms with van der Waals surface area (Å²) in [6.45, 7) is 2.88. The fraction of sp³-hybridized carbons (Fsp3) is 0.421. The number of H-pyrrole nitrogens is 1. The van der Waals surface area contributed by atoms with Crippen molar-refractivity contribution in [3.05, 3.63) is 35.6 Å². The molecule has 0 atom stereocenters. The van der Waals surface area contributed by atoms with Crippen LogP contribution in [0.5, 0.6) is 0 Å². The number of thiophene rings is 1. The van der Waals surface area contributed by atoms with Crippen molar-refractivity contribution >= 4 is 44.1 Å². The second-order valence-electron chi connectivity index (χ2n) is 8.12. The standard InChI is InChI=1S/C19H22N6O3S2/c20-30(27,28)16-2-1-13(29-16)9-15(26)24-7-8-25(11-19(10-24)4-5-19)18-14-3-6-21-17(14)22-12-23-18/h1-3,6,12H,4-5,7-11H2,(H2,20,27,28)(H,21,22,23). The maximum absolute atomic E-state index is 13.0. The fourth-order valence-electron chi connectivity index (χ4n) is 4.12. The molecule has 9 nitrogen and oxygen atoms in total. The van der Waals surface area contributed by atoms with Crippen molar-refractivity contribution in [3.63, 3.8) is 0 Å². The van der Waals surface area contributed by atoms with Gasteiger partial charge in [0.05, 0.1) is 11.8 Å². The first-order valence-corrected chi connectivity index (χ1v) is 12.1. The van der Waals surface area contributed by atoms with Gasteiger partial charge >= 0.3 is 0 Å². The molecule has 158 valence electrons. The molecule has 1 spiro atoms. The van der Waals surface area contributed by atoms with Crippen molar-refractivity contribution < 1.29 is 13.2 Å². The zero-order valence-corrected chi connectivity index (χ0v) is 17.9. The molecule has 3 N–H and O–H groups in total. The van der Waals surface area contributed by atoms with Crippen molar-refractivity contribution in [2.24, 2.45) is 10.6 Å². The molecular formula is C19H22N6O3S2. The maximum atomic E-state index is 13.0. The molecule has 2 fully saturated rings. The molecule has 1 saturated carbocycles. The Morgan fingerprint density at radius 2 is 2.03 bits per heavy atom. The molecule has 1 saturated heterocycles. The number of amides is 1. The lowest BCUT2D eigenvalue weighted by molar-refractivity contribution is -0.130. The normalized spacial score (nSPS) is 18.7. The molecule has 30 heavy (non-hydrogen) atoms. The Bertz CT molecular complexity index is 1210. The Labute approximate surface area is 178 Å². The average Bonchev–Trinajstić information content (AvgIpc) is 3.10. The van der Waals surface area contributed by atoms with E-state index in [9.17, 15) is 13.2 Å². The number of nitrogens with two attached hydrogens (primary N) is 1. The first-order valence-electron chi connectivity index (χ1n) is 9.75. The van der Waals surface area contributed by atoms with E-state index in [1.54, 1.807) is 12.4 Å². The molecule has 4 heterocycles. The second kappa shape index (κ2) is 7.03. The Morgan fingerprint density at radius 1 is 1.20 bits per heavy atom. The lowest BCUT2D eigenvalue weighted by atomic mass is 10.1. The van der Waals surface area contributed by atoms with E-state index in [2.05, 4.69) is 19.9 Å². The van der Waals surface area contributed by atoms with E-state index in [1.807, 2.05) is 17.2 Å². The minimum Gasteiger partial charge on any atom is -0.354 e. The molecular weight excluding hydrogens is 424 g/mol. The monoisotopic (exact) mass is 446 g/mol. The van der Waals surface area contributed by atoms with Crippen LogP contribution in [0.4, 0.5) is 5.82 Å². The van der Waals surface area contributed by atoms with Gasteiger partial charge < -0.3 is 14.8 Å². The quantitative estimate of drug-likeness (QED) is 0.623. The number of anilines is 1. The number of carbonyl (C=O) groups is 1. The van der Waals surface area contributed by atoms with Crippen LogP contribution in [0, 0.1) is 5.41 Å². The fourth-order valence-corrected chi connectivity index (χ4v) is 5.89. The molecule has 2 aliphatic rings. The number of nitrogens with zero attached hydrogens (tertiary/aromatic N) is 4. The average molecular weight is 447 g/mol. The SMILES string of the molecule is NS(=O)(=O)c1ccc(CC(=O)N2CCN(c3ncnc4[nH]ccc34)CC3(CC3)C2)s1. The topological polar surface area (TPSA) is 125 Å². The van der Waals surface area contributed by atoms with Crippen molar-refractivity contribution in [2.45, 2.75) is 23.5 Å². The molecule has 0 aromatic carbocycles. The molecule has 3 aromatic heterocycles. The number of carbonyl (C=O) groups excluding carboxylic acids is 1. The summed E-state index contributed by atoms with van der Waals surface area (Å²) >= 11 is 1.06. The molecule has 1 aliphatic carbocycles. The van der Waals surface area contributed by atoms with Crippen LogP contribution in [-0.2, 0) is 21.2 Å². The summed E-state index contributed by atoms with van der Waals surface area (Å²) in [5, 5.41) is 6.17. The summed E-state index contributed by atoms with van der Waals surface area (Å²) in [7, 11) is -3.74. The van der Waals surface area contributed by atoms with Gasteiger partial charge in [-0.05, 0) is 31.0 Å². The summed E-state index contributed by atoms with van der Waals surface area (Å²) in [4.78, 5) is 29.8. The number of hydrogen-bond acceptors (Lipinski definition) is 7. The summed E-state index contributed by atoms with van der Waals surface area (Å²) in [5.74, 6) is 0.915. The number of aromatic nitrogens is 3. The number of fused-ring (bicyclic) bond motifs is 1. The molecule has 0 radical (unpaired) electrons. The molecule has 0 bridgehead atoms. The highest BCUT2D eigenvalue weighted by Gasteiger charge is 2.47. The summed E-state index contributed by atoms with van der Waals surface area (Å²) in [5.41, 5.74) is 0.909. The van der Waals surface area contributed by atoms with Gasteiger partial charge in [0, 0.05) is 42.7 Å². The lowest BCUT2D eigenvalue weighted by Gasteiger charge is -2.25. The van der Waals surface area contributed by atoms with Crippen molar-refractivity contribution in [1.82, 2.24) is 19.9 Å². The van der Waals surface area contributed by atoms with Gasteiger partial charge in [-0.2, -0.15) is 0 Å². The van der Waals surface area contributed by atoms with Crippen molar-refractivity contribution in [2.75, 3.05) is 31.1 Å². The van der Waals surface area contributed by atoms with Gasteiger partial charge in [-0.15, -0.1) is 11.3 Å². The van der Waals surface area contributed by atoms with E-state index in [1.165, 1.54) is 6.07 Å². The van der Waals surface area contributed by atoms with Crippen LogP contribution in [-0.4, -0.2) is 60.4 Å². The number of nitrogens with one attached hydrogen (secondary N) is 1. The number of aromatic amines is 1. The minimum atomic E-state index is -3.74. The van der Waals surface area contributed by atoms with Crippen molar-refractivity contribution in [1.29, 1.82) is 0 Å². The van der Waals surface area contributed by atoms with E-state index in [4.69, 9.17) is 5.14 Å². The molecule has 11 heteroatoms. The Morgan fingerprint density at radius 3 is 2.77 bits per heavy atom. The predicted molar refractivity (Wildman–Crippen MR) is 114 cm³/mol. The van der Waals surface area contributed by atoms with E-state index in [-0.39, 0.29) is 22.0 Å². The number of primary sulfonamides is 1. The Balaban J connectivity index is 1.34. The zero-order chi connectivity index (χ0) is 20.9. The largest absolute Gasteiger partial charge is 0.354 e. The Hall–Kier alpha value is -2.50. The molecule has 0 unspecified atom stereocenters. The van der Waals surface area contributed by atoms with Crippen LogP contribution in [0.1, 0.15) is 17.7 Å². The molecule has 1 aliphatic heterocycles. The first kappa shape index (κ1) is 19.5. The lowest BCUT2D eigenvalue weighted by Crippen LogP contribution is -2.37. The van der Waals surface area contributed by atoms with Gasteiger partial charge in [0.2, 0.25) is 15.9 Å². The van der Waals surface area contributed by atoms with Gasteiger partial charge in [0.15, 0.2) is 0 Å². The predicted octanol–water partition coefficient (Wildman–Crippen LogP) is 1.34. The van der Waals surface area contributed by atoms with Gasteiger partial charge in [-0.25, -0.2) is 23.5 Å². The highest BCUT2D eigenvalue weighted by atomic mass is 32.2. The van der Waals surface area contributed by atoms with Gasteiger partial charge in [-0.1, -0.05) is 0 Å². The first-order chi connectivity index (χ1) is 14.3. The number of rotatable bonds is 4. The van der Waals surface area contributed by atoms with Gasteiger partial charge in [0.25, 0.3) is 0 Å². The van der Waals surface area contributed by atoms with Crippen LogP contribution >= 0.6 is 11.3 Å². The second-order valence-corrected chi connectivity index (χ2v) is 11.1. The highest BCUT2D eigenvalue weighted by Crippen LogP contribution is 2.48. The van der Waals surface area contributed by atoms with Crippen LogP contribution in [0.15, 0.2) is 34.9 Å². The van der Waals surface area contributed by atoms with Crippen LogP contribution < -0.4 is 10.0 Å². The van der Waals surface area contributed by atoms with Crippen LogP contribution in [0.2, 0.25) is 0 Å².